The number of hydrogen-bond donors (Lipinski definition) is 4. The number of likely N-dealkylation sites (N-methyl/N-ethyl adjacent to an activating group) is 1. The normalized spacial score (nSPS) is 13.1. The van der Waals surface area contributed by atoms with Crippen molar-refractivity contribution < 1.29 is 14.7 Å². The molecule has 0 radical (unpaired) electrons. The number of amides is 2. The highest BCUT2D eigenvalue weighted by molar-refractivity contribution is 6.20. The number of amidine groups is 1. The van der Waals surface area contributed by atoms with Crippen LogP contribution in [0.25, 0.3) is 0 Å². The summed E-state index contributed by atoms with van der Waals surface area (Å²) in [7, 11) is 2.72. The molecule has 7 heteroatoms. The number of carbonyl (C=O) groups is 2. The lowest BCUT2D eigenvalue weighted by molar-refractivity contribution is -0.117. The maximum Gasteiger partial charge on any atom is 0.258 e. The second-order valence-corrected chi connectivity index (χ2v) is 2.65. The molecule has 0 aromatic carbocycles. The number of primary amides is 1. The molecule has 0 rings (SSSR count). The highest BCUT2D eigenvalue weighted by Gasteiger charge is 2.18. The Balaban J connectivity index is 5.25. The number of nitrogens with two attached hydrogens (primary N) is 2. The summed E-state index contributed by atoms with van der Waals surface area (Å²) >= 11 is 0. The molecule has 0 heterocycles. The molecule has 84 valence electrons. The number of carbonyl (C=O) groups excluding carboxylic acids is 2. The van der Waals surface area contributed by atoms with Gasteiger partial charge in [-0.3, -0.25) is 14.6 Å². The zero-order chi connectivity index (χ0) is 12.0. The van der Waals surface area contributed by atoms with Crippen molar-refractivity contribution in [3.63, 3.8) is 0 Å². The summed E-state index contributed by atoms with van der Waals surface area (Å²) in [5.41, 5.74) is 10.0. The fourth-order valence-corrected chi connectivity index (χ4v) is 0.885. The smallest absolute Gasteiger partial charge is 0.258 e. The van der Waals surface area contributed by atoms with Gasteiger partial charge in [0.15, 0.2) is 0 Å². The average Bonchev–Trinajstić information content (AvgIpc) is 2.16. The highest BCUT2D eigenvalue weighted by Crippen LogP contribution is 2.06. The van der Waals surface area contributed by atoms with Crippen LogP contribution in [0.3, 0.4) is 0 Å². The fraction of sp³-hybridized carbons (Fsp3) is 0.375. The summed E-state index contributed by atoms with van der Waals surface area (Å²) in [6.45, 7) is 0. The number of hydrogen-bond acceptors (Lipinski definition) is 4. The molecule has 7 nitrogen and oxygen atoms in total. The number of rotatable bonds is 4. The Kier molecular flexibility index (Phi) is 4.86. The summed E-state index contributed by atoms with van der Waals surface area (Å²) in [6.07, 6.45) is -0.459. The van der Waals surface area contributed by atoms with Crippen molar-refractivity contribution in [1.82, 2.24) is 5.32 Å². The van der Waals surface area contributed by atoms with Crippen molar-refractivity contribution in [2.24, 2.45) is 16.5 Å². The second kappa shape index (κ2) is 5.63. The van der Waals surface area contributed by atoms with Gasteiger partial charge in [0.1, 0.15) is 17.2 Å². The van der Waals surface area contributed by atoms with Crippen molar-refractivity contribution in [2.45, 2.75) is 6.42 Å². The Labute approximate surface area is 86.8 Å². The predicted molar refractivity (Wildman–Crippen MR) is 55.1 cm³/mol. The Bertz CT molecular complexity index is 333. The second-order valence-electron chi connectivity index (χ2n) is 2.65. The van der Waals surface area contributed by atoms with E-state index in [1.165, 1.54) is 14.1 Å². The van der Waals surface area contributed by atoms with E-state index in [4.69, 9.17) is 11.5 Å². The van der Waals surface area contributed by atoms with Crippen molar-refractivity contribution in [3.05, 3.63) is 11.3 Å². The van der Waals surface area contributed by atoms with Crippen molar-refractivity contribution in [2.75, 3.05) is 14.1 Å². The molecule has 15 heavy (non-hydrogen) atoms. The molecule has 0 unspecified atom stereocenters. The SMILES string of the molecule is CN=C(N)/C(C(=O)NC)=C(\O)CC(N)=O. The molecule has 0 aliphatic heterocycles. The lowest BCUT2D eigenvalue weighted by Crippen LogP contribution is -2.31. The topological polar surface area (TPSA) is 131 Å². The van der Waals surface area contributed by atoms with Crippen LogP contribution in [-0.4, -0.2) is 36.9 Å². The first-order valence-corrected chi connectivity index (χ1v) is 4.09. The van der Waals surface area contributed by atoms with E-state index in [2.05, 4.69) is 10.3 Å². The maximum atomic E-state index is 11.3. The van der Waals surface area contributed by atoms with Crippen LogP contribution in [0.4, 0.5) is 0 Å². The summed E-state index contributed by atoms with van der Waals surface area (Å²) in [4.78, 5) is 25.4. The van der Waals surface area contributed by atoms with Gasteiger partial charge >= 0.3 is 0 Å². The summed E-state index contributed by atoms with van der Waals surface area (Å²) in [5.74, 6) is -2.05. The van der Waals surface area contributed by atoms with Crippen LogP contribution in [0.2, 0.25) is 0 Å². The minimum Gasteiger partial charge on any atom is -0.511 e. The molecule has 0 bridgehead atoms. The van der Waals surface area contributed by atoms with Crippen molar-refractivity contribution >= 4 is 17.6 Å². The van der Waals surface area contributed by atoms with Gasteiger partial charge in [-0.05, 0) is 0 Å². The molecule has 0 aromatic heterocycles. The molecule has 0 atom stereocenters. The summed E-state index contributed by atoms with van der Waals surface area (Å²) < 4.78 is 0. The van der Waals surface area contributed by atoms with Crippen LogP contribution in [0.5, 0.6) is 0 Å². The number of aliphatic hydroxyl groups is 1. The number of aliphatic hydroxyl groups excluding tert-OH is 1. The first kappa shape index (κ1) is 12.9. The molecule has 0 fully saturated rings. The predicted octanol–water partition coefficient (Wildman–Crippen LogP) is -1.59. The van der Waals surface area contributed by atoms with Gasteiger partial charge < -0.3 is 21.9 Å². The van der Waals surface area contributed by atoms with E-state index in [0.717, 1.165) is 0 Å². The van der Waals surface area contributed by atoms with Crippen LogP contribution in [0, 0.1) is 0 Å². The third-order valence-corrected chi connectivity index (χ3v) is 1.58. The molecule has 0 aliphatic rings. The fourth-order valence-electron chi connectivity index (χ4n) is 0.885. The van der Waals surface area contributed by atoms with E-state index in [9.17, 15) is 14.7 Å². The van der Waals surface area contributed by atoms with E-state index >= 15 is 0 Å². The number of aliphatic imine (C=N–C) groups is 1. The molecule has 2 amide bonds. The van der Waals surface area contributed by atoms with Gasteiger partial charge in [0.05, 0.1) is 6.42 Å². The zero-order valence-electron chi connectivity index (χ0n) is 8.57. The van der Waals surface area contributed by atoms with Gasteiger partial charge in [0, 0.05) is 14.1 Å². The largest absolute Gasteiger partial charge is 0.511 e. The molecule has 0 aromatic rings. The van der Waals surface area contributed by atoms with Crippen LogP contribution in [0.15, 0.2) is 16.3 Å². The minimum absolute atomic E-state index is 0.159. The van der Waals surface area contributed by atoms with Crippen LogP contribution in [-0.2, 0) is 9.59 Å². The van der Waals surface area contributed by atoms with Gasteiger partial charge in [-0.15, -0.1) is 0 Å². The molecule has 6 N–H and O–H groups in total. The highest BCUT2D eigenvalue weighted by atomic mass is 16.3. The Morgan fingerprint density at radius 2 is 1.93 bits per heavy atom. The van der Waals surface area contributed by atoms with Gasteiger partial charge in [0.25, 0.3) is 5.91 Å². The molecule has 0 saturated heterocycles. The van der Waals surface area contributed by atoms with Crippen LogP contribution in [0.1, 0.15) is 6.42 Å². The van der Waals surface area contributed by atoms with Gasteiger partial charge in [-0.2, -0.15) is 0 Å². The minimum atomic E-state index is -0.766. The summed E-state index contributed by atoms with van der Waals surface area (Å²) in [5, 5.41) is 11.7. The molecular formula is C8H14N4O3. The third-order valence-electron chi connectivity index (χ3n) is 1.58. The zero-order valence-corrected chi connectivity index (χ0v) is 8.57. The molecule has 0 saturated carbocycles. The average molecular weight is 214 g/mol. The van der Waals surface area contributed by atoms with Crippen LogP contribution >= 0.6 is 0 Å². The maximum absolute atomic E-state index is 11.3. The van der Waals surface area contributed by atoms with Crippen LogP contribution < -0.4 is 16.8 Å². The van der Waals surface area contributed by atoms with E-state index < -0.39 is 24.0 Å². The monoisotopic (exact) mass is 214 g/mol. The van der Waals surface area contributed by atoms with E-state index in [0.29, 0.717) is 0 Å². The Hall–Kier alpha value is -2.05. The van der Waals surface area contributed by atoms with Gasteiger partial charge in [0.2, 0.25) is 5.91 Å². The van der Waals surface area contributed by atoms with Crippen molar-refractivity contribution in [3.8, 4) is 0 Å². The standard InChI is InChI=1S/C8H14N4O3/c1-11-7(10)6(8(15)12-2)4(13)3-5(9)14/h13H,3H2,1-2H3,(H2,9,14)(H2,10,11)(H,12,15)/b6-4+. The summed E-state index contributed by atoms with van der Waals surface area (Å²) in [6, 6.07) is 0. The Morgan fingerprint density at radius 3 is 2.27 bits per heavy atom. The number of nitrogens with one attached hydrogen (secondary N) is 1. The first-order valence-electron chi connectivity index (χ1n) is 4.09. The lowest BCUT2D eigenvalue weighted by Gasteiger charge is -2.07. The third kappa shape index (κ3) is 3.67. The quantitative estimate of drug-likeness (QED) is 0.194. The van der Waals surface area contributed by atoms with Gasteiger partial charge in [-0.25, -0.2) is 0 Å². The lowest BCUT2D eigenvalue weighted by atomic mass is 10.1. The molecule has 0 spiro atoms. The first-order chi connectivity index (χ1) is 6.93. The van der Waals surface area contributed by atoms with E-state index in [1.54, 1.807) is 0 Å². The molecule has 0 aliphatic carbocycles. The van der Waals surface area contributed by atoms with Gasteiger partial charge in [-0.1, -0.05) is 0 Å². The van der Waals surface area contributed by atoms with E-state index in [1.807, 2.05) is 0 Å². The molecular weight excluding hydrogens is 200 g/mol. The van der Waals surface area contributed by atoms with E-state index in [-0.39, 0.29) is 11.4 Å². The van der Waals surface area contributed by atoms with Crippen molar-refractivity contribution in [1.29, 1.82) is 0 Å². The Morgan fingerprint density at radius 1 is 1.40 bits per heavy atom. The number of nitrogens with zero attached hydrogens (tertiary/aromatic N) is 1.